The average molecular weight is 424 g/mol. The minimum atomic E-state index is -4.63. The van der Waals surface area contributed by atoms with E-state index >= 15 is 0 Å². The average Bonchev–Trinajstić information content (AvgIpc) is 3.35. The van der Waals surface area contributed by atoms with E-state index in [1.807, 2.05) is 0 Å². The molecular formula is C18H13ClF3N5O2. The molecule has 0 spiro atoms. The normalized spacial score (nSPS) is 18.6. The number of methoxy groups -OCH3 is 1. The summed E-state index contributed by atoms with van der Waals surface area (Å²) < 4.78 is 46.1. The van der Waals surface area contributed by atoms with Crippen molar-refractivity contribution < 1.29 is 17.9 Å². The van der Waals surface area contributed by atoms with Crippen molar-refractivity contribution in [2.45, 2.75) is 25.1 Å². The van der Waals surface area contributed by atoms with Crippen molar-refractivity contribution in [2.75, 3.05) is 7.11 Å². The number of aromatic nitrogens is 4. The first kappa shape index (κ1) is 19.3. The van der Waals surface area contributed by atoms with E-state index in [0.717, 1.165) is 4.68 Å². The van der Waals surface area contributed by atoms with Gasteiger partial charge in [-0.1, -0.05) is 11.6 Å². The number of nitrogens with zero attached hydrogens (tertiary/aromatic N) is 5. The molecule has 1 saturated carbocycles. The van der Waals surface area contributed by atoms with Gasteiger partial charge in [0.05, 0.1) is 37.0 Å². The van der Waals surface area contributed by atoms with Gasteiger partial charge in [0.2, 0.25) is 0 Å². The summed E-state index contributed by atoms with van der Waals surface area (Å²) in [6.07, 6.45) is -4.01. The molecule has 3 aromatic heterocycles. The van der Waals surface area contributed by atoms with E-state index in [1.54, 1.807) is 12.1 Å². The summed E-state index contributed by atoms with van der Waals surface area (Å²) in [5.41, 5.74) is -0.481. The lowest BCUT2D eigenvalue weighted by Gasteiger charge is -2.13. The molecule has 0 bridgehead atoms. The van der Waals surface area contributed by atoms with Gasteiger partial charge in [0.25, 0.3) is 5.56 Å². The first-order chi connectivity index (χ1) is 13.7. The van der Waals surface area contributed by atoms with Crippen molar-refractivity contribution in [2.24, 2.45) is 5.92 Å². The van der Waals surface area contributed by atoms with E-state index in [4.69, 9.17) is 21.6 Å². The maximum Gasteiger partial charge on any atom is 0.435 e. The Morgan fingerprint density at radius 2 is 2.14 bits per heavy atom. The van der Waals surface area contributed by atoms with Gasteiger partial charge in [0, 0.05) is 18.1 Å². The topological polar surface area (TPSA) is 85.2 Å². The van der Waals surface area contributed by atoms with Crippen LogP contribution in [0, 0.1) is 17.2 Å². The van der Waals surface area contributed by atoms with Gasteiger partial charge in [0.1, 0.15) is 16.5 Å². The Hall–Kier alpha value is -3.06. The van der Waals surface area contributed by atoms with E-state index in [2.05, 4.69) is 16.2 Å². The van der Waals surface area contributed by atoms with Gasteiger partial charge in [-0.05, 0) is 18.6 Å². The van der Waals surface area contributed by atoms with Gasteiger partial charge in [-0.25, -0.2) is 9.67 Å². The summed E-state index contributed by atoms with van der Waals surface area (Å²) in [5.74, 6) is 0.130. The third-order valence-corrected chi connectivity index (χ3v) is 5.04. The van der Waals surface area contributed by atoms with Crippen molar-refractivity contribution >= 4 is 17.2 Å². The number of nitriles is 1. The van der Waals surface area contributed by atoms with Crippen molar-refractivity contribution in [3.05, 3.63) is 56.9 Å². The van der Waals surface area contributed by atoms with Crippen LogP contribution in [0.3, 0.4) is 0 Å². The largest absolute Gasteiger partial charge is 0.495 e. The highest BCUT2D eigenvalue weighted by atomic mass is 35.5. The lowest BCUT2D eigenvalue weighted by Crippen LogP contribution is -2.21. The molecule has 0 unspecified atom stereocenters. The number of ether oxygens (including phenoxy) is 1. The molecule has 0 saturated heterocycles. The first-order valence-corrected chi connectivity index (χ1v) is 8.90. The Bertz CT molecular complexity index is 1210. The predicted molar refractivity (Wildman–Crippen MR) is 95.8 cm³/mol. The van der Waals surface area contributed by atoms with E-state index in [-0.39, 0.29) is 29.2 Å². The molecular weight excluding hydrogens is 411 g/mol. The molecule has 1 fully saturated rings. The summed E-state index contributed by atoms with van der Waals surface area (Å²) >= 11 is 5.85. The molecule has 0 radical (unpaired) electrons. The Kier molecular flexibility index (Phi) is 4.50. The van der Waals surface area contributed by atoms with Crippen molar-refractivity contribution in [1.82, 2.24) is 19.2 Å². The monoisotopic (exact) mass is 423 g/mol. The van der Waals surface area contributed by atoms with E-state index in [1.165, 1.54) is 17.6 Å². The second-order valence-electron chi connectivity index (χ2n) is 6.65. The number of rotatable bonds is 4. The highest BCUT2D eigenvalue weighted by molar-refractivity contribution is 6.29. The molecule has 3 aromatic rings. The number of halogens is 4. The zero-order valence-electron chi connectivity index (χ0n) is 14.9. The molecule has 0 aliphatic heterocycles. The highest BCUT2D eigenvalue weighted by Crippen LogP contribution is 2.49. The number of alkyl halides is 3. The van der Waals surface area contributed by atoms with E-state index in [9.17, 15) is 18.0 Å². The van der Waals surface area contributed by atoms with E-state index in [0.29, 0.717) is 29.6 Å². The molecule has 11 heteroatoms. The van der Waals surface area contributed by atoms with Crippen LogP contribution in [0.25, 0.3) is 5.65 Å². The number of hydrogen-bond donors (Lipinski definition) is 0. The number of hydrogen-bond acceptors (Lipinski definition) is 5. The molecule has 7 nitrogen and oxygen atoms in total. The third kappa shape index (κ3) is 3.42. The zero-order chi connectivity index (χ0) is 20.9. The van der Waals surface area contributed by atoms with Crippen LogP contribution in [0.5, 0.6) is 5.75 Å². The smallest absolute Gasteiger partial charge is 0.435 e. The molecule has 0 amide bonds. The van der Waals surface area contributed by atoms with Crippen molar-refractivity contribution in [3.63, 3.8) is 0 Å². The van der Waals surface area contributed by atoms with Gasteiger partial charge in [-0.2, -0.15) is 23.5 Å². The quantitative estimate of drug-likeness (QED) is 0.643. The SMILES string of the molecule is COc1ccc2nc(Cn3nc(C(F)(F)F)cc3Cl)cc(=O)n2c1[C@@H]1C[C@H]1C#N. The van der Waals surface area contributed by atoms with Gasteiger partial charge in [-0.3, -0.25) is 9.20 Å². The molecule has 2 atom stereocenters. The number of fused-ring (bicyclic) bond motifs is 1. The summed E-state index contributed by atoms with van der Waals surface area (Å²) in [7, 11) is 1.47. The second-order valence-corrected chi connectivity index (χ2v) is 7.04. The molecule has 1 aliphatic carbocycles. The molecule has 29 heavy (non-hydrogen) atoms. The van der Waals surface area contributed by atoms with Gasteiger partial charge in [0.15, 0.2) is 5.69 Å². The van der Waals surface area contributed by atoms with Crippen LogP contribution in [0.15, 0.2) is 29.1 Å². The Labute approximate surface area is 166 Å². The fraction of sp³-hybridized carbons (Fsp3) is 0.333. The summed E-state index contributed by atoms with van der Waals surface area (Å²) in [4.78, 5) is 17.2. The maximum absolute atomic E-state index is 12.8. The predicted octanol–water partition coefficient (Wildman–Crippen LogP) is 3.25. The first-order valence-electron chi connectivity index (χ1n) is 8.52. The van der Waals surface area contributed by atoms with Crippen LogP contribution in [0.4, 0.5) is 13.2 Å². The maximum atomic E-state index is 12.8. The Balaban J connectivity index is 1.77. The summed E-state index contributed by atoms with van der Waals surface area (Å²) in [6.45, 7) is -0.202. The zero-order valence-corrected chi connectivity index (χ0v) is 15.7. The Morgan fingerprint density at radius 3 is 2.72 bits per heavy atom. The third-order valence-electron chi connectivity index (χ3n) is 4.74. The molecule has 0 aromatic carbocycles. The minimum Gasteiger partial charge on any atom is -0.495 e. The molecule has 0 N–H and O–H groups in total. The number of pyridine rings is 1. The van der Waals surface area contributed by atoms with Crippen LogP contribution in [0.2, 0.25) is 5.15 Å². The molecule has 4 rings (SSSR count). The molecule has 150 valence electrons. The second kappa shape index (κ2) is 6.77. The van der Waals surface area contributed by atoms with Crippen molar-refractivity contribution in [3.8, 4) is 11.8 Å². The van der Waals surface area contributed by atoms with Gasteiger partial charge >= 0.3 is 6.18 Å². The fourth-order valence-corrected chi connectivity index (χ4v) is 3.49. The molecule has 3 heterocycles. The van der Waals surface area contributed by atoms with Crippen LogP contribution < -0.4 is 10.3 Å². The van der Waals surface area contributed by atoms with Crippen LogP contribution in [-0.4, -0.2) is 26.3 Å². The van der Waals surface area contributed by atoms with Crippen molar-refractivity contribution in [1.29, 1.82) is 5.26 Å². The van der Waals surface area contributed by atoms with Gasteiger partial charge in [-0.15, -0.1) is 0 Å². The summed E-state index contributed by atoms with van der Waals surface area (Å²) in [6, 6.07) is 7.33. The van der Waals surface area contributed by atoms with Gasteiger partial charge < -0.3 is 4.74 Å². The molecule has 1 aliphatic rings. The highest BCUT2D eigenvalue weighted by Gasteiger charge is 2.42. The minimum absolute atomic E-state index is 0.140. The standard InChI is InChI=1S/C18H13ClF3N5O2/c1-29-12-2-3-15-24-10(8-26-14(19)6-13(25-26)18(20,21)22)5-16(28)27(15)17(12)11-4-9(11)7-23/h2-3,5-6,9,11H,4,8H2,1H3/t9-,11+/m0/s1. The fourth-order valence-electron chi connectivity index (χ4n) is 3.29. The van der Waals surface area contributed by atoms with E-state index < -0.39 is 17.4 Å². The van der Waals surface area contributed by atoms with Crippen LogP contribution in [-0.2, 0) is 12.7 Å². The van der Waals surface area contributed by atoms with Crippen LogP contribution >= 0.6 is 11.6 Å². The van der Waals surface area contributed by atoms with Crippen LogP contribution in [0.1, 0.15) is 29.4 Å². The lowest BCUT2D eigenvalue weighted by molar-refractivity contribution is -0.141. The Morgan fingerprint density at radius 1 is 1.38 bits per heavy atom. The summed E-state index contributed by atoms with van der Waals surface area (Å²) in [5, 5.41) is 12.4. The lowest BCUT2D eigenvalue weighted by atomic mass is 10.2.